The number of aliphatic hydroxyl groups excluding tert-OH is 1. The Hall–Kier alpha value is -0.840. The van der Waals surface area contributed by atoms with Gasteiger partial charge in [-0.05, 0) is 31.0 Å². The first kappa shape index (κ1) is 14.6. The highest BCUT2D eigenvalue weighted by Crippen LogP contribution is 2.23. The Bertz CT molecular complexity index is 410. The molecule has 19 heavy (non-hydrogen) atoms. The van der Waals surface area contributed by atoms with Crippen LogP contribution < -0.4 is 5.32 Å². The molecule has 1 fully saturated rings. The molecule has 0 spiro atoms. The quantitative estimate of drug-likeness (QED) is 0.844. The molecule has 0 heterocycles. The van der Waals surface area contributed by atoms with Crippen LogP contribution in [0.1, 0.15) is 25.7 Å². The van der Waals surface area contributed by atoms with Crippen molar-refractivity contribution in [3.8, 4) is 0 Å². The second kappa shape index (κ2) is 7.08. The lowest BCUT2D eigenvalue weighted by atomic mass is 10.3. The number of nitrogens with one attached hydrogen (secondary N) is 1. The van der Waals surface area contributed by atoms with Gasteiger partial charge in [0.15, 0.2) is 0 Å². The Kier molecular flexibility index (Phi) is 5.43. The number of benzene rings is 1. The highest BCUT2D eigenvalue weighted by Gasteiger charge is 2.16. The van der Waals surface area contributed by atoms with Crippen LogP contribution in [-0.4, -0.2) is 30.5 Å². The van der Waals surface area contributed by atoms with Crippen molar-refractivity contribution in [1.82, 2.24) is 0 Å². The van der Waals surface area contributed by atoms with Gasteiger partial charge in [0.05, 0.1) is 29.5 Å². The smallest absolute Gasteiger partial charge is 0.124 e. The molecule has 1 saturated carbocycles. The maximum Gasteiger partial charge on any atom is 0.124 e. The SMILES string of the molecule is OC(CNc1ccc(F)cc1Cl)COC1CCCC1. The second-order valence-electron chi connectivity index (χ2n) is 4.90. The van der Waals surface area contributed by atoms with E-state index in [1.165, 1.54) is 25.0 Å². The van der Waals surface area contributed by atoms with E-state index in [1.54, 1.807) is 6.07 Å². The number of rotatable bonds is 6. The van der Waals surface area contributed by atoms with Crippen LogP contribution in [0.4, 0.5) is 10.1 Å². The zero-order valence-corrected chi connectivity index (χ0v) is 11.5. The fourth-order valence-corrected chi connectivity index (χ4v) is 2.46. The van der Waals surface area contributed by atoms with Gasteiger partial charge in [0.2, 0.25) is 0 Å². The van der Waals surface area contributed by atoms with Crippen LogP contribution in [0.2, 0.25) is 5.02 Å². The number of aliphatic hydroxyl groups is 1. The van der Waals surface area contributed by atoms with E-state index in [1.807, 2.05) is 0 Å². The molecule has 2 rings (SSSR count). The van der Waals surface area contributed by atoms with E-state index < -0.39 is 6.10 Å². The molecule has 106 valence electrons. The van der Waals surface area contributed by atoms with Gasteiger partial charge >= 0.3 is 0 Å². The van der Waals surface area contributed by atoms with Gasteiger partial charge in [-0.1, -0.05) is 24.4 Å². The Balaban J connectivity index is 1.71. The summed E-state index contributed by atoms with van der Waals surface area (Å²) in [4.78, 5) is 0. The largest absolute Gasteiger partial charge is 0.389 e. The number of halogens is 2. The first-order chi connectivity index (χ1) is 9.15. The van der Waals surface area contributed by atoms with E-state index in [0.29, 0.717) is 30.0 Å². The van der Waals surface area contributed by atoms with Crippen molar-refractivity contribution in [1.29, 1.82) is 0 Å². The predicted molar refractivity (Wildman–Crippen MR) is 74.1 cm³/mol. The van der Waals surface area contributed by atoms with Crippen molar-refractivity contribution < 1.29 is 14.2 Å². The Morgan fingerprint density at radius 2 is 2.16 bits per heavy atom. The third kappa shape index (κ3) is 4.64. The zero-order valence-electron chi connectivity index (χ0n) is 10.7. The lowest BCUT2D eigenvalue weighted by molar-refractivity contribution is -0.00117. The number of ether oxygens (including phenoxy) is 1. The van der Waals surface area contributed by atoms with E-state index in [2.05, 4.69) is 5.32 Å². The van der Waals surface area contributed by atoms with Crippen LogP contribution in [0.15, 0.2) is 18.2 Å². The summed E-state index contributed by atoms with van der Waals surface area (Å²) in [6, 6.07) is 4.13. The first-order valence-corrected chi connectivity index (χ1v) is 7.01. The lowest BCUT2D eigenvalue weighted by Gasteiger charge is -2.17. The molecule has 1 aliphatic rings. The molecule has 0 radical (unpaired) electrons. The van der Waals surface area contributed by atoms with E-state index >= 15 is 0 Å². The summed E-state index contributed by atoms with van der Waals surface area (Å²) in [5.41, 5.74) is 0.614. The maximum atomic E-state index is 12.9. The molecule has 1 aromatic rings. The van der Waals surface area contributed by atoms with Gasteiger partial charge in [-0.15, -0.1) is 0 Å². The van der Waals surface area contributed by atoms with Crippen LogP contribution in [0, 0.1) is 5.82 Å². The second-order valence-corrected chi connectivity index (χ2v) is 5.31. The minimum atomic E-state index is -0.596. The summed E-state index contributed by atoms with van der Waals surface area (Å²) in [5.74, 6) is -0.374. The normalized spacial score (nSPS) is 17.6. The van der Waals surface area contributed by atoms with Crippen molar-refractivity contribution in [3.05, 3.63) is 29.0 Å². The van der Waals surface area contributed by atoms with Gasteiger partial charge in [-0.3, -0.25) is 0 Å². The molecule has 3 nitrogen and oxygen atoms in total. The molecule has 1 aliphatic carbocycles. The number of hydrogen-bond acceptors (Lipinski definition) is 3. The highest BCUT2D eigenvalue weighted by molar-refractivity contribution is 6.33. The van der Waals surface area contributed by atoms with Crippen molar-refractivity contribution in [2.24, 2.45) is 0 Å². The van der Waals surface area contributed by atoms with E-state index in [0.717, 1.165) is 12.8 Å². The fraction of sp³-hybridized carbons (Fsp3) is 0.571. The molecule has 1 unspecified atom stereocenters. The molecule has 0 saturated heterocycles. The van der Waals surface area contributed by atoms with Gasteiger partial charge < -0.3 is 15.2 Å². The van der Waals surface area contributed by atoms with E-state index in [9.17, 15) is 9.50 Å². The Morgan fingerprint density at radius 1 is 1.42 bits per heavy atom. The van der Waals surface area contributed by atoms with Gasteiger partial charge in [0.25, 0.3) is 0 Å². The maximum absolute atomic E-state index is 12.9. The molecule has 2 N–H and O–H groups in total. The third-order valence-corrected chi connectivity index (χ3v) is 3.60. The lowest BCUT2D eigenvalue weighted by Crippen LogP contribution is -2.27. The average Bonchev–Trinajstić information content (AvgIpc) is 2.88. The highest BCUT2D eigenvalue weighted by atomic mass is 35.5. The summed E-state index contributed by atoms with van der Waals surface area (Å²) in [5, 5.41) is 13.1. The van der Waals surface area contributed by atoms with Crippen LogP contribution in [0.25, 0.3) is 0 Å². The van der Waals surface area contributed by atoms with Crippen molar-refractivity contribution in [3.63, 3.8) is 0 Å². The van der Waals surface area contributed by atoms with Gasteiger partial charge in [-0.25, -0.2) is 4.39 Å². The number of hydrogen-bond donors (Lipinski definition) is 2. The standard InChI is InChI=1S/C14H19ClFNO2/c15-13-7-10(16)5-6-14(13)17-8-11(18)9-19-12-3-1-2-4-12/h5-7,11-12,17-18H,1-4,8-9H2. The Morgan fingerprint density at radius 3 is 2.84 bits per heavy atom. The molecular weight excluding hydrogens is 269 g/mol. The van der Waals surface area contributed by atoms with Gasteiger partial charge in [-0.2, -0.15) is 0 Å². The molecular formula is C14H19ClFNO2. The summed E-state index contributed by atoms with van der Waals surface area (Å²) in [7, 11) is 0. The molecule has 0 bridgehead atoms. The van der Waals surface area contributed by atoms with Crippen molar-refractivity contribution >= 4 is 17.3 Å². The van der Waals surface area contributed by atoms with Crippen LogP contribution in [0.3, 0.4) is 0 Å². The molecule has 1 atom stereocenters. The molecule has 5 heteroatoms. The van der Waals surface area contributed by atoms with Gasteiger partial charge in [0, 0.05) is 6.54 Å². The summed E-state index contributed by atoms with van der Waals surface area (Å²) < 4.78 is 18.5. The third-order valence-electron chi connectivity index (χ3n) is 3.29. The average molecular weight is 288 g/mol. The topological polar surface area (TPSA) is 41.5 Å². The van der Waals surface area contributed by atoms with Crippen LogP contribution >= 0.6 is 11.6 Å². The Labute approximate surface area is 117 Å². The number of anilines is 1. The van der Waals surface area contributed by atoms with Crippen LogP contribution in [-0.2, 0) is 4.74 Å². The molecule has 0 aliphatic heterocycles. The first-order valence-electron chi connectivity index (χ1n) is 6.64. The minimum absolute atomic E-state index is 0.295. The van der Waals surface area contributed by atoms with Gasteiger partial charge in [0.1, 0.15) is 5.82 Å². The van der Waals surface area contributed by atoms with Crippen molar-refractivity contribution in [2.45, 2.75) is 37.9 Å². The monoisotopic (exact) mass is 287 g/mol. The zero-order chi connectivity index (χ0) is 13.7. The van der Waals surface area contributed by atoms with Crippen LogP contribution in [0.5, 0.6) is 0 Å². The van der Waals surface area contributed by atoms with E-state index in [-0.39, 0.29) is 5.82 Å². The minimum Gasteiger partial charge on any atom is -0.389 e. The fourth-order valence-electron chi connectivity index (χ4n) is 2.22. The van der Waals surface area contributed by atoms with Crippen molar-refractivity contribution in [2.75, 3.05) is 18.5 Å². The van der Waals surface area contributed by atoms with E-state index in [4.69, 9.17) is 16.3 Å². The summed E-state index contributed by atoms with van der Waals surface area (Å²) >= 11 is 5.88. The molecule has 0 aromatic heterocycles. The molecule has 0 amide bonds. The molecule has 1 aromatic carbocycles. The summed E-state index contributed by atoms with van der Waals surface area (Å²) in [6.45, 7) is 0.647. The summed E-state index contributed by atoms with van der Waals surface area (Å²) in [6.07, 6.45) is 4.30. The predicted octanol–water partition coefficient (Wildman–Crippen LogP) is 3.21.